The third kappa shape index (κ3) is 1.92. The van der Waals surface area contributed by atoms with Crippen molar-refractivity contribution >= 4 is 21.8 Å². The summed E-state index contributed by atoms with van der Waals surface area (Å²) in [6.45, 7) is 0. The largest absolute Gasteiger partial charge is 1.00 e. The normalized spacial score (nSPS) is 9.50. The van der Waals surface area contributed by atoms with Crippen LogP contribution in [0.2, 0.25) is 0 Å². The van der Waals surface area contributed by atoms with Gasteiger partial charge in [-0.1, -0.05) is 24.3 Å². The van der Waals surface area contributed by atoms with Gasteiger partial charge in [0.15, 0.2) is 0 Å². The van der Waals surface area contributed by atoms with Gasteiger partial charge in [0.2, 0.25) is 0 Å². The van der Waals surface area contributed by atoms with Gasteiger partial charge in [-0.2, -0.15) is 0 Å². The summed E-state index contributed by atoms with van der Waals surface area (Å²) >= 11 is 0. The minimum Gasteiger partial charge on any atom is -0.358 e. The van der Waals surface area contributed by atoms with E-state index < -0.39 is 0 Å². The molecule has 0 radical (unpaired) electrons. The molecule has 3 rings (SSSR count). The van der Waals surface area contributed by atoms with Gasteiger partial charge in [0, 0.05) is 23.2 Å². The summed E-state index contributed by atoms with van der Waals surface area (Å²) in [5, 5.41) is 2.28. The number of fused-ring (bicyclic) bond motifs is 3. The van der Waals surface area contributed by atoms with Crippen molar-refractivity contribution in [2.45, 2.75) is 0 Å². The Bertz CT molecular complexity index is 553. The van der Waals surface area contributed by atoms with Crippen LogP contribution in [0.4, 0.5) is 0 Å². The minimum atomic E-state index is 0. The molecular weight excluding hydrogens is 248 g/mol. The Morgan fingerprint density at radius 2 is 1.12 bits per heavy atom. The van der Waals surface area contributed by atoms with E-state index in [-0.39, 0.29) is 24.5 Å². The molecule has 2 heterocycles. The van der Waals surface area contributed by atoms with Crippen LogP contribution in [0, 0.1) is 7.43 Å². The zero-order chi connectivity index (χ0) is 9.38. The Balaban J connectivity index is 0.000000640. The van der Waals surface area contributed by atoms with Crippen LogP contribution in [0.15, 0.2) is 48.8 Å². The van der Waals surface area contributed by atoms with E-state index in [2.05, 4.69) is 34.2 Å². The van der Waals surface area contributed by atoms with Gasteiger partial charge in [0.05, 0.1) is 11.0 Å². The smallest absolute Gasteiger partial charge is 0.358 e. The van der Waals surface area contributed by atoms with Crippen LogP contribution in [0.5, 0.6) is 0 Å². The van der Waals surface area contributed by atoms with Crippen molar-refractivity contribution in [3.05, 3.63) is 56.2 Å². The first-order valence-corrected chi connectivity index (χ1v) is 4.53. The Labute approximate surface area is 105 Å². The molecule has 2 nitrogen and oxygen atoms in total. The van der Waals surface area contributed by atoms with Gasteiger partial charge >= 0.3 is 17.1 Å². The Morgan fingerprint density at radius 3 is 1.56 bits per heavy atom. The molecule has 0 unspecified atom stereocenters. The zero-order valence-electron chi connectivity index (χ0n) is 8.81. The molecule has 0 amide bonds. The van der Waals surface area contributed by atoms with Crippen molar-refractivity contribution in [1.29, 1.82) is 0 Å². The summed E-state index contributed by atoms with van der Waals surface area (Å²) in [6.07, 6.45) is 3.60. The first-order valence-electron chi connectivity index (χ1n) is 4.53. The standard InChI is InChI=1S/C12H8N2.CH3.Cu/c1-3-9-5-6-10-4-2-8-14-12(10)11(9)13-7-1;;/h1-8H;1H3;/q;-1;+1. The fourth-order valence-electron chi connectivity index (χ4n) is 1.68. The van der Waals surface area contributed by atoms with Gasteiger partial charge in [-0.05, 0) is 12.1 Å². The molecule has 84 valence electrons. The van der Waals surface area contributed by atoms with E-state index in [1.54, 1.807) is 12.4 Å². The maximum absolute atomic E-state index is 4.35. The molecule has 0 spiro atoms. The summed E-state index contributed by atoms with van der Waals surface area (Å²) in [4.78, 5) is 8.69. The molecule has 0 saturated heterocycles. The van der Waals surface area contributed by atoms with Crippen LogP contribution in [-0.4, -0.2) is 9.97 Å². The van der Waals surface area contributed by atoms with Crippen LogP contribution >= 0.6 is 0 Å². The van der Waals surface area contributed by atoms with Crippen molar-refractivity contribution in [1.82, 2.24) is 9.97 Å². The van der Waals surface area contributed by atoms with Gasteiger partial charge < -0.3 is 7.43 Å². The summed E-state index contributed by atoms with van der Waals surface area (Å²) in [5.74, 6) is 0. The summed E-state index contributed by atoms with van der Waals surface area (Å²) < 4.78 is 0. The molecule has 3 heteroatoms. The van der Waals surface area contributed by atoms with E-state index in [1.807, 2.05) is 12.1 Å². The van der Waals surface area contributed by atoms with Gasteiger partial charge in [0.1, 0.15) is 0 Å². The fraction of sp³-hybridized carbons (Fsp3) is 0. The first kappa shape index (κ1) is 12.6. The maximum atomic E-state index is 4.35. The fourth-order valence-corrected chi connectivity index (χ4v) is 1.68. The van der Waals surface area contributed by atoms with E-state index in [9.17, 15) is 0 Å². The summed E-state index contributed by atoms with van der Waals surface area (Å²) in [6, 6.07) is 12.1. The average Bonchev–Trinajstić information content (AvgIpc) is 2.29. The number of nitrogens with zero attached hydrogens (tertiary/aromatic N) is 2. The molecular formula is C13H11CuN2. The molecule has 1 aromatic carbocycles. The van der Waals surface area contributed by atoms with E-state index in [4.69, 9.17) is 0 Å². The quantitative estimate of drug-likeness (QED) is 0.352. The number of hydrogen-bond acceptors (Lipinski definition) is 2. The molecule has 0 saturated carbocycles. The average molecular weight is 259 g/mol. The van der Waals surface area contributed by atoms with Gasteiger partial charge in [-0.3, -0.25) is 9.97 Å². The number of benzene rings is 1. The van der Waals surface area contributed by atoms with Crippen LogP contribution < -0.4 is 0 Å². The van der Waals surface area contributed by atoms with Crippen LogP contribution in [0.25, 0.3) is 21.8 Å². The molecule has 2 aromatic heterocycles. The monoisotopic (exact) mass is 258 g/mol. The predicted octanol–water partition coefficient (Wildman–Crippen LogP) is 3.23. The van der Waals surface area contributed by atoms with E-state index in [0.29, 0.717) is 0 Å². The van der Waals surface area contributed by atoms with E-state index in [1.165, 1.54) is 0 Å². The van der Waals surface area contributed by atoms with Gasteiger partial charge in [-0.15, -0.1) is 0 Å². The molecule has 0 atom stereocenters. The Morgan fingerprint density at radius 1 is 0.688 bits per heavy atom. The van der Waals surface area contributed by atoms with Crippen molar-refractivity contribution in [2.75, 3.05) is 0 Å². The predicted molar refractivity (Wildman–Crippen MR) is 63.5 cm³/mol. The third-order valence-corrected chi connectivity index (χ3v) is 2.34. The molecule has 0 fully saturated rings. The SMILES string of the molecule is [CH3-].[Cu+].c1cnc2c(c1)ccc1cccnc12. The van der Waals surface area contributed by atoms with Crippen molar-refractivity contribution in [2.24, 2.45) is 0 Å². The van der Waals surface area contributed by atoms with Gasteiger partial charge in [0.25, 0.3) is 0 Å². The summed E-state index contributed by atoms with van der Waals surface area (Å²) in [5.41, 5.74) is 1.95. The number of aromatic nitrogens is 2. The second-order valence-electron chi connectivity index (χ2n) is 3.22. The van der Waals surface area contributed by atoms with Crippen LogP contribution in [0.1, 0.15) is 0 Å². The van der Waals surface area contributed by atoms with E-state index >= 15 is 0 Å². The van der Waals surface area contributed by atoms with Crippen LogP contribution in [-0.2, 0) is 17.1 Å². The summed E-state index contributed by atoms with van der Waals surface area (Å²) in [7, 11) is 0. The van der Waals surface area contributed by atoms with E-state index in [0.717, 1.165) is 21.8 Å². The van der Waals surface area contributed by atoms with Crippen molar-refractivity contribution in [3.63, 3.8) is 0 Å². The Kier molecular flexibility index (Phi) is 3.99. The number of rotatable bonds is 0. The first-order chi connectivity index (χ1) is 6.95. The van der Waals surface area contributed by atoms with Gasteiger partial charge in [-0.25, -0.2) is 0 Å². The molecule has 0 aliphatic rings. The maximum Gasteiger partial charge on any atom is 1.00 e. The van der Waals surface area contributed by atoms with Crippen molar-refractivity contribution in [3.8, 4) is 0 Å². The topological polar surface area (TPSA) is 25.8 Å². The molecule has 0 bridgehead atoms. The number of pyridine rings is 2. The molecule has 0 aliphatic heterocycles. The number of hydrogen-bond donors (Lipinski definition) is 0. The minimum absolute atomic E-state index is 0. The third-order valence-electron chi connectivity index (χ3n) is 2.34. The Hall–Kier alpha value is -1.44. The molecule has 3 aromatic rings. The second-order valence-corrected chi connectivity index (χ2v) is 3.22. The zero-order valence-corrected chi connectivity index (χ0v) is 9.76. The second kappa shape index (κ2) is 5.06. The van der Waals surface area contributed by atoms with Crippen LogP contribution in [0.3, 0.4) is 0 Å². The van der Waals surface area contributed by atoms with Crippen molar-refractivity contribution < 1.29 is 17.1 Å². The molecule has 0 aliphatic carbocycles. The molecule has 16 heavy (non-hydrogen) atoms. The molecule has 0 N–H and O–H groups in total.